The van der Waals surface area contributed by atoms with E-state index in [2.05, 4.69) is 31.7 Å². The summed E-state index contributed by atoms with van der Waals surface area (Å²) in [4.78, 5) is 1.64. The highest BCUT2D eigenvalue weighted by atomic mass is 32.2. The van der Waals surface area contributed by atoms with E-state index in [0.717, 1.165) is 5.92 Å². The van der Waals surface area contributed by atoms with E-state index in [4.69, 9.17) is 0 Å². The van der Waals surface area contributed by atoms with Gasteiger partial charge in [-0.2, -0.15) is 0 Å². The van der Waals surface area contributed by atoms with E-state index in [1.54, 1.807) is 4.91 Å². The zero-order valence-electron chi connectivity index (χ0n) is 6.89. The summed E-state index contributed by atoms with van der Waals surface area (Å²) in [5, 5.41) is 0. The number of rotatable bonds is 2. The molecule has 0 radical (unpaired) electrons. The van der Waals surface area contributed by atoms with Gasteiger partial charge in [-0.05, 0) is 29.4 Å². The Morgan fingerprint density at radius 3 is 3.00 bits per heavy atom. The van der Waals surface area contributed by atoms with Crippen LogP contribution in [0.5, 0.6) is 0 Å². The molecule has 0 saturated carbocycles. The van der Waals surface area contributed by atoms with Gasteiger partial charge in [-0.1, -0.05) is 26.3 Å². The van der Waals surface area contributed by atoms with Crippen LogP contribution in [-0.4, -0.2) is 5.75 Å². The molecule has 0 aromatic heterocycles. The fraction of sp³-hybridized carbons (Fsp3) is 0.778. The Morgan fingerprint density at radius 1 is 1.70 bits per heavy atom. The first-order valence-electron chi connectivity index (χ1n) is 4.17. The highest BCUT2D eigenvalue weighted by Gasteiger charge is 2.15. The molecule has 1 unspecified atom stereocenters. The standard InChI is InChI=1S/C9H16S/c1-3-4-5-9-8(2)6-7-10-9/h5,8H,3-4,6-7H2,1-2H3/b9-5+. The third-order valence-corrected chi connectivity index (χ3v) is 3.28. The van der Waals surface area contributed by atoms with Gasteiger partial charge in [0.15, 0.2) is 0 Å². The molecule has 0 amide bonds. The molecule has 0 aromatic carbocycles. The molecule has 1 heteroatoms. The Morgan fingerprint density at radius 2 is 2.50 bits per heavy atom. The van der Waals surface area contributed by atoms with Crippen molar-refractivity contribution >= 4 is 11.8 Å². The Bertz CT molecular complexity index is 127. The predicted molar refractivity (Wildman–Crippen MR) is 49.2 cm³/mol. The summed E-state index contributed by atoms with van der Waals surface area (Å²) in [6.45, 7) is 4.57. The van der Waals surface area contributed by atoms with Crippen molar-refractivity contribution in [1.82, 2.24) is 0 Å². The third-order valence-electron chi connectivity index (χ3n) is 1.94. The molecule has 1 rings (SSSR count). The van der Waals surface area contributed by atoms with Gasteiger partial charge in [0, 0.05) is 0 Å². The number of hydrogen-bond donors (Lipinski definition) is 0. The Kier molecular flexibility index (Phi) is 3.33. The lowest BCUT2D eigenvalue weighted by Crippen LogP contribution is -1.86. The van der Waals surface area contributed by atoms with Gasteiger partial charge < -0.3 is 0 Å². The molecular weight excluding hydrogens is 140 g/mol. The molecule has 1 aliphatic rings. The van der Waals surface area contributed by atoms with E-state index in [0.29, 0.717) is 0 Å². The van der Waals surface area contributed by atoms with Crippen LogP contribution >= 0.6 is 11.8 Å². The molecule has 0 nitrogen and oxygen atoms in total. The molecule has 0 spiro atoms. The summed E-state index contributed by atoms with van der Waals surface area (Å²) >= 11 is 2.05. The molecule has 1 fully saturated rings. The number of hydrogen-bond acceptors (Lipinski definition) is 1. The lowest BCUT2D eigenvalue weighted by Gasteiger charge is -2.01. The van der Waals surface area contributed by atoms with Gasteiger partial charge in [0.25, 0.3) is 0 Å². The number of allylic oxidation sites excluding steroid dienone is 2. The minimum absolute atomic E-state index is 0.858. The highest BCUT2D eigenvalue weighted by molar-refractivity contribution is 8.03. The van der Waals surface area contributed by atoms with Gasteiger partial charge in [-0.15, -0.1) is 11.8 Å². The summed E-state index contributed by atoms with van der Waals surface area (Å²) in [5.74, 6) is 2.20. The van der Waals surface area contributed by atoms with Crippen LogP contribution in [0.2, 0.25) is 0 Å². The number of thioether (sulfide) groups is 1. The van der Waals surface area contributed by atoms with Crippen molar-refractivity contribution in [1.29, 1.82) is 0 Å². The lowest BCUT2D eigenvalue weighted by atomic mass is 10.1. The van der Waals surface area contributed by atoms with Crippen LogP contribution in [0.15, 0.2) is 11.0 Å². The maximum absolute atomic E-state index is 2.42. The van der Waals surface area contributed by atoms with Crippen LogP contribution in [0.1, 0.15) is 33.1 Å². The summed E-state index contributed by atoms with van der Waals surface area (Å²) in [5.41, 5.74) is 0. The van der Waals surface area contributed by atoms with E-state index in [1.807, 2.05) is 0 Å². The monoisotopic (exact) mass is 156 g/mol. The van der Waals surface area contributed by atoms with E-state index in [1.165, 1.54) is 25.0 Å². The van der Waals surface area contributed by atoms with Gasteiger partial charge in [0.05, 0.1) is 0 Å². The Hall–Kier alpha value is 0.0900. The highest BCUT2D eigenvalue weighted by Crippen LogP contribution is 2.35. The average molecular weight is 156 g/mol. The normalized spacial score (nSPS) is 29.8. The largest absolute Gasteiger partial charge is 0.131 e. The third kappa shape index (κ3) is 2.05. The summed E-state index contributed by atoms with van der Waals surface area (Å²) in [6, 6.07) is 0. The fourth-order valence-electron chi connectivity index (χ4n) is 1.18. The van der Waals surface area contributed by atoms with Crippen molar-refractivity contribution in [3.8, 4) is 0 Å². The zero-order valence-corrected chi connectivity index (χ0v) is 7.71. The first-order valence-corrected chi connectivity index (χ1v) is 5.16. The first-order chi connectivity index (χ1) is 4.84. The first kappa shape index (κ1) is 8.19. The second kappa shape index (κ2) is 4.07. The second-order valence-electron chi connectivity index (χ2n) is 2.93. The van der Waals surface area contributed by atoms with Gasteiger partial charge in [0.2, 0.25) is 0 Å². The molecule has 1 saturated heterocycles. The van der Waals surface area contributed by atoms with E-state index < -0.39 is 0 Å². The molecule has 58 valence electrons. The molecule has 1 heterocycles. The van der Waals surface area contributed by atoms with Gasteiger partial charge in [-0.25, -0.2) is 0 Å². The fourth-order valence-corrected chi connectivity index (χ4v) is 2.53. The number of unbranched alkanes of at least 4 members (excludes halogenated alkanes) is 1. The van der Waals surface area contributed by atoms with Crippen molar-refractivity contribution in [3.05, 3.63) is 11.0 Å². The van der Waals surface area contributed by atoms with Crippen molar-refractivity contribution < 1.29 is 0 Å². The maximum Gasteiger partial charge on any atom is -0.00173 e. The van der Waals surface area contributed by atoms with E-state index >= 15 is 0 Å². The van der Waals surface area contributed by atoms with Crippen LogP contribution < -0.4 is 0 Å². The topological polar surface area (TPSA) is 0 Å². The molecule has 1 aliphatic heterocycles. The molecule has 0 aromatic rings. The van der Waals surface area contributed by atoms with Crippen molar-refractivity contribution in [2.75, 3.05) is 5.75 Å². The van der Waals surface area contributed by atoms with E-state index in [9.17, 15) is 0 Å². The molecule has 10 heavy (non-hydrogen) atoms. The van der Waals surface area contributed by atoms with Crippen LogP contribution in [-0.2, 0) is 0 Å². The summed E-state index contributed by atoms with van der Waals surface area (Å²) < 4.78 is 0. The predicted octanol–water partition coefficient (Wildman–Crippen LogP) is 3.44. The maximum atomic E-state index is 2.42. The van der Waals surface area contributed by atoms with Crippen LogP contribution in [0.3, 0.4) is 0 Å². The van der Waals surface area contributed by atoms with E-state index in [-0.39, 0.29) is 0 Å². The minimum Gasteiger partial charge on any atom is -0.131 e. The molecule has 0 N–H and O–H groups in total. The molecule has 0 bridgehead atoms. The molecule has 0 aliphatic carbocycles. The Labute approximate surface area is 68.1 Å². The average Bonchev–Trinajstić information content (AvgIpc) is 2.31. The van der Waals surface area contributed by atoms with Crippen molar-refractivity contribution in [2.45, 2.75) is 33.1 Å². The smallest absolute Gasteiger partial charge is 0.00173 e. The van der Waals surface area contributed by atoms with Crippen LogP contribution in [0.4, 0.5) is 0 Å². The van der Waals surface area contributed by atoms with Crippen LogP contribution in [0, 0.1) is 5.92 Å². The van der Waals surface area contributed by atoms with Crippen molar-refractivity contribution in [3.63, 3.8) is 0 Å². The van der Waals surface area contributed by atoms with Gasteiger partial charge in [-0.3, -0.25) is 0 Å². The quantitative estimate of drug-likeness (QED) is 0.590. The van der Waals surface area contributed by atoms with Gasteiger partial charge >= 0.3 is 0 Å². The SMILES string of the molecule is CCC/C=C1/SCCC1C. The summed E-state index contributed by atoms with van der Waals surface area (Å²) in [6.07, 6.45) is 6.37. The Balaban J connectivity index is 2.38. The summed E-state index contributed by atoms with van der Waals surface area (Å²) in [7, 11) is 0. The second-order valence-corrected chi connectivity index (χ2v) is 4.10. The molecular formula is C9H16S. The molecule has 1 atom stereocenters. The zero-order chi connectivity index (χ0) is 7.40. The van der Waals surface area contributed by atoms with Gasteiger partial charge in [0.1, 0.15) is 0 Å². The van der Waals surface area contributed by atoms with Crippen LogP contribution in [0.25, 0.3) is 0 Å². The minimum atomic E-state index is 0.858. The lowest BCUT2D eigenvalue weighted by molar-refractivity contribution is 0.712. The van der Waals surface area contributed by atoms with Crippen molar-refractivity contribution in [2.24, 2.45) is 5.92 Å².